The molecule has 2 rings (SSSR count). The highest BCUT2D eigenvalue weighted by Crippen LogP contribution is 2.18. The Morgan fingerprint density at radius 1 is 0.972 bits per heavy atom. The van der Waals surface area contributed by atoms with E-state index in [0.29, 0.717) is 5.56 Å². The summed E-state index contributed by atoms with van der Waals surface area (Å²) < 4.78 is 42.1. The van der Waals surface area contributed by atoms with E-state index < -0.39 is 54.6 Å². The van der Waals surface area contributed by atoms with Crippen LogP contribution in [-0.4, -0.2) is 57.0 Å². The number of carbonyl (C=O) groups excluding carboxylic acids is 2. The number of hydrogen-bond acceptors (Lipinski definition) is 8. The van der Waals surface area contributed by atoms with Crippen molar-refractivity contribution in [2.45, 2.75) is 25.4 Å². The van der Waals surface area contributed by atoms with Gasteiger partial charge >= 0.3 is 30.1 Å². The summed E-state index contributed by atoms with van der Waals surface area (Å²) in [7, 11) is 0. The Morgan fingerprint density at radius 2 is 1.53 bits per heavy atom. The first-order valence-electron chi connectivity index (χ1n) is 9.61. The van der Waals surface area contributed by atoms with Gasteiger partial charge in [0.25, 0.3) is 0 Å². The van der Waals surface area contributed by atoms with Crippen molar-refractivity contribution in [2.75, 3.05) is 0 Å². The van der Waals surface area contributed by atoms with E-state index in [1.54, 1.807) is 0 Å². The van der Waals surface area contributed by atoms with Gasteiger partial charge in [-0.25, -0.2) is 9.59 Å². The molecule has 0 amide bonds. The number of esters is 1. The first kappa shape index (κ1) is 29.3. The zero-order valence-electron chi connectivity index (χ0n) is 18.1. The van der Waals surface area contributed by atoms with E-state index in [2.05, 4.69) is 0 Å². The summed E-state index contributed by atoms with van der Waals surface area (Å²) in [5.74, 6) is -8.10. The Bertz CT molecular complexity index is 1140. The number of ketones is 1. The molecule has 6 N–H and O–H groups in total. The van der Waals surface area contributed by atoms with Gasteiger partial charge in [0.15, 0.2) is 0 Å². The lowest BCUT2D eigenvalue weighted by Crippen LogP contribution is -2.22. The number of furan rings is 1. The summed E-state index contributed by atoms with van der Waals surface area (Å²) in [4.78, 5) is 54.7. The van der Waals surface area contributed by atoms with Crippen LogP contribution in [0.4, 0.5) is 13.2 Å². The number of Topliss-reactive ketones (excluding diaryl/α,β-unsaturated/α-hetero) is 1. The van der Waals surface area contributed by atoms with Crippen molar-refractivity contribution in [3.8, 4) is 5.75 Å². The molecule has 0 unspecified atom stereocenters. The smallest absolute Gasteiger partial charge is 0.481 e. The molecule has 1 aromatic carbocycles. The molecule has 1 heterocycles. The summed E-state index contributed by atoms with van der Waals surface area (Å²) in [6.45, 7) is 0. The minimum absolute atomic E-state index is 0.119. The lowest BCUT2D eigenvalue weighted by atomic mass is 9.97. The maximum Gasteiger partial charge on any atom is 0.490 e. The second kappa shape index (κ2) is 12.7. The van der Waals surface area contributed by atoms with E-state index in [1.165, 1.54) is 36.4 Å². The number of carboxylic acids is 3. The van der Waals surface area contributed by atoms with E-state index in [4.69, 9.17) is 40.4 Å². The quantitative estimate of drug-likeness (QED) is 0.133. The van der Waals surface area contributed by atoms with Crippen LogP contribution >= 0.6 is 0 Å². The highest BCUT2D eigenvalue weighted by molar-refractivity contribution is 5.95. The molecule has 0 bridgehead atoms. The Labute approximate surface area is 199 Å². The van der Waals surface area contributed by atoms with Crippen LogP contribution in [0.3, 0.4) is 0 Å². The standard InChI is InChI=1S/C19H18N2O8.C2HF3O2/c20-17(21)10-1-3-13(4-2-10)29-19(27)15-6-5-14(28-15)9-12(22)7-11(18(25)26)8-16(23)24;3-2(4,5)1(6)7/h1-6,11H,7-9H2,(H3,20,21)(H,23,24)(H,25,26);(H,6,7)/t11-;/m0./s1. The number of carbonyl (C=O) groups is 5. The van der Waals surface area contributed by atoms with Crippen molar-refractivity contribution in [1.82, 2.24) is 0 Å². The van der Waals surface area contributed by atoms with Crippen LogP contribution in [0, 0.1) is 11.3 Å². The molecule has 36 heavy (non-hydrogen) atoms. The van der Waals surface area contributed by atoms with Crippen molar-refractivity contribution in [3.63, 3.8) is 0 Å². The minimum Gasteiger partial charge on any atom is -0.481 e. The summed E-state index contributed by atoms with van der Waals surface area (Å²) in [5, 5.41) is 32.1. The summed E-state index contributed by atoms with van der Waals surface area (Å²) in [6, 6.07) is 8.61. The van der Waals surface area contributed by atoms with E-state index >= 15 is 0 Å². The zero-order chi connectivity index (χ0) is 27.6. The fraction of sp³-hybridized carbons (Fsp3) is 0.238. The second-order valence-corrected chi connectivity index (χ2v) is 6.95. The molecule has 0 aliphatic rings. The van der Waals surface area contributed by atoms with Crippen LogP contribution in [-0.2, 0) is 25.6 Å². The molecule has 194 valence electrons. The number of rotatable bonds is 10. The number of nitrogen functional groups attached to an aromatic ring is 1. The maximum atomic E-state index is 12.1. The second-order valence-electron chi connectivity index (χ2n) is 6.95. The summed E-state index contributed by atoms with van der Waals surface area (Å²) in [6.07, 6.45) is -6.51. The van der Waals surface area contributed by atoms with Crippen LogP contribution in [0.5, 0.6) is 5.75 Å². The lowest BCUT2D eigenvalue weighted by Gasteiger charge is -2.08. The molecule has 0 aliphatic carbocycles. The van der Waals surface area contributed by atoms with Crippen LogP contribution in [0.2, 0.25) is 0 Å². The molecule has 0 spiro atoms. The molecule has 15 heteroatoms. The average molecular weight is 516 g/mol. The van der Waals surface area contributed by atoms with Gasteiger partial charge in [-0.15, -0.1) is 0 Å². The van der Waals surface area contributed by atoms with Gasteiger partial charge in [0.2, 0.25) is 5.76 Å². The predicted octanol–water partition coefficient (Wildman–Crippen LogP) is 2.09. The SMILES string of the molecule is N=C(N)c1ccc(OC(=O)c2ccc(CC(=O)C[C@@H](CC(=O)O)C(=O)O)o2)cc1.O=C(O)C(F)(F)F. The molecular formula is C21H19F3N2O10. The summed E-state index contributed by atoms with van der Waals surface area (Å²) >= 11 is 0. The molecule has 0 aliphatic heterocycles. The maximum absolute atomic E-state index is 12.1. The molecule has 0 saturated carbocycles. The van der Waals surface area contributed by atoms with Crippen molar-refractivity contribution in [1.29, 1.82) is 5.41 Å². The zero-order valence-corrected chi connectivity index (χ0v) is 18.1. The van der Waals surface area contributed by atoms with Crippen molar-refractivity contribution in [3.05, 3.63) is 53.5 Å². The minimum atomic E-state index is -5.08. The Balaban J connectivity index is 0.000000809. The first-order chi connectivity index (χ1) is 16.6. The van der Waals surface area contributed by atoms with Crippen molar-refractivity contribution in [2.24, 2.45) is 11.7 Å². The fourth-order valence-electron chi connectivity index (χ4n) is 2.44. The number of aliphatic carboxylic acids is 3. The predicted molar refractivity (Wildman–Crippen MR) is 112 cm³/mol. The van der Waals surface area contributed by atoms with Gasteiger partial charge in [-0.1, -0.05) is 0 Å². The first-order valence-corrected chi connectivity index (χ1v) is 9.61. The monoisotopic (exact) mass is 516 g/mol. The molecule has 0 fully saturated rings. The number of alkyl halides is 3. The molecule has 1 aromatic heterocycles. The van der Waals surface area contributed by atoms with Gasteiger partial charge in [-0.05, 0) is 36.4 Å². The van der Waals surface area contributed by atoms with Crippen LogP contribution in [0.1, 0.15) is 34.7 Å². The number of carboxylic acid groups (broad SMARTS) is 3. The van der Waals surface area contributed by atoms with Crippen molar-refractivity contribution >= 4 is 35.5 Å². The van der Waals surface area contributed by atoms with Gasteiger partial charge in [0, 0.05) is 12.0 Å². The molecule has 2 aromatic rings. The number of benzene rings is 1. The number of nitrogens with two attached hydrogens (primary N) is 1. The fourth-order valence-corrected chi connectivity index (χ4v) is 2.44. The van der Waals surface area contributed by atoms with Gasteiger partial charge in [-0.3, -0.25) is 19.8 Å². The third-order valence-electron chi connectivity index (χ3n) is 4.10. The number of halogens is 3. The van der Waals surface area contributed by atoms with Crippen molar-refractivity contribution < 1.29 is 61.6 Å². The van der Waals surface area contributed by atoms with Gasteiger partial charge in [-0.2, -0.15) is 13.2 Å². The average Bonchev–Trinajstić information content (AvgIpc) is 3.21. The number of nitrogens with one attached hydrogen (secondary N) is 1. The molecule has 0 radical (unpaired) electrons. The number of amidine groups is 1. The lowest BCUT2D eigenvalue weighted by molar-refractivity contribution is -0.192. The largest absolute Gasteiger partial charge is 0.490 e. The Hall–Kier alpha value is -4.69. The van der Waals surface area contributed by atoms with E-state index in [1.807, 2.05) is 0 Å². The molecule has 12 nitrogen and oxygen atoms in total. The number of hydrogen-bond donors (Lipinski definition) is 5. The van der Waals surface area contributed by atoms with Gasteiger partial charge in [0.1, 0.15) is 23.1 Å². The Morgan fingerprint density at radius 3 is 1.97 bits per heavy atom. The van der Waals surface area contributed by atoms with E-state index in [-0.39, 0.29) is 29.5 Å². The van der Waals surface area contributed by atoms with E-state index in [9.17, 15) is 32.3 Å². The van der Waals surface area contributed by atoms with Gasteiger partial charge < -0.3 is 30.2 Å². The third kappa shape index (κ3) is 10.1. The van der Waals surface area contributed by atoms with Gasteiger partial charge in [0.05, 0.1) is 18.8 Å². The topological polar surface area (TPSA) is 218 Å². The Kier molecular flexibility index (Phi) is 10.3. The molecular weight excluding hydrogens is 497 g/mol. The van der Waals surface area contributed by atoms with Crippen LogP contribution in [0.15, 0.2) is 40.8 Å². The number of ether oxygens (including phenoxy) is 1. The molecule has 0 saturated heterocycles. The normalized spacial score (nSPS) is 11.4. The highest BCUT2D eigenvalue weighted by Gasteiger charge is 2.38. The molecule has 1 atom stereocenters. The van der Waals surface area contributed by atoms with Crippen LogP contribution in [0.25, 0.3) is 0 Å². The summed E-state index contributed by atoms with van der Waals surface area (Å²) in [5.41, 5.74) is 5.80. The van der Waals surface area contributed by atoms with E-state index in [0.717, 1.165) is 0 Å². The van der Waals surface area contributed by atoms with Crippen LogP contribution < -0.4 is 10.5 Å². The highest BCUT2D eigenvalue weighted by atomic mass is 19.4. The third-order valence-corrected chi connectivity index (χ3v) is 4.10.